The molecule has 0 aliphatic heterocycles. The molecule has 3 unspecified atom stereocenters. The van der Waals surface area contributed by atoms with Crippen LogP contribution in [0.3, 0.4) is 0 Å². The van der Waals surface area contributed by atoms with E-state index < -0.39 is 24.8 Å². The average Bonchev–Trinajstić information content (AvgIpc) is 2.38. The molecule has 0 amide bonds. The van der Waals surface area contributed by atoms with Crippen molar-refractivity contribution in [3.05, 3.63) is 0 Å². The first-order valence-electron chi connectivity index (χ1n) is 7.82. The Morgan fingerprint density at radius 3 is 1.50 bits per heavy atom. The standard InChI is InChI=1S/C14H31N2O5P3/c1-13(2,23(15,19)20)9-7-11(17)5-6-12(18)8-10-14(3,4)24(16,21)22/h5-10,22H2,1-4H3,(H2,16,21)(H3,15,19,20). The minimum atomic E-state index is -3.77. The Labute approximate surface area is 146 Å². The molecule has 0 aliphatic carbocycles. The third-order valence-electron chi connectivity index (χ3n) is 4.53. The Bertz CT molecular complexity index is 513. The Balaban J connectivity index is 4.28. The van der Waals surface area contributed by atoms with Gasteiger partial charge in [0.25, 0.3) is 7.52 Å². The fraction of sp³-hybridized carbons (Fsp3) is 0.857. The van der Waals surface area contributed by atoms with Crippen LogP contribution in [0.5, 0.6) is 0 Å². The van der Waals surface area contributed by atoms with Crippen LogP contribution in [-0.4, -0.2) is 26.8 Å². The van der Waals surface area contributed by atoms with Crippen molar-refractivity contribution in [1.29, 1.82) is 0 Å². The predicted octanol–water partition coefficient (Wildman–Crippen LogP) is 3.19. The summed E-state index contributed by atoms with van der Waals surface area (Å²) in [6.45, 7) is 3.72. The van der Waals surface area contributed by atoms with Gasteiger partial charge in [0.15, 0.2) is 6.98 Å². The molecule has 0 heterocycles. The fourth-order valence-electron chi connectivity index (χ4n) is 1.75. The summed E-state index contributed by atoms with van der Waals surface area (Å²) in [4.78, 5) is 33.2. The second kappa shape index (κ2) is 8.66. The first kappa shape index (κ1) is 24.1. The lowest BCUT2D eigenvalue weighted by atomic mass is 9.99. The second-order valence-corrected chi connectivity index (χ2v) is 14.9. The van der Waals surface area contributed by atoms with Crippen LogP contribution in [0.4, 0.5) is 0 Å². The molecule has 0 aliphatic rings. The van der Waals surface area contributed by atoms with Crippen molar-refractivity contribution >= 4 is 35.0 Å². The third kappa shape index (κ3) is 7.99. The van der Waals surface area contributed by atoms with Gasteiger partial charge in [0.05, 0.1) is 5.16 Å². The maximum atomic E-state index is 11.9. The van der Waals surface area contributed by atoms with Crippen LogP contribution in [0, 0.1) is 0 Å². The van der Waals surface area contributed by atoms with Gasteiger partial charge in [-0.1, -0.05) is 22.8 Å². The summed E-state index contributed by atoms with van der Waals surface area (Å²) in [6.07, 6.45) is 1.12. The average molecular weight is 400 g/mol. The van der Waals surface area contributed by atoms with Crippen LogP contribution in [-0.2, 0) is 18.7 Å². The maximum absolute atomic E-state index is 11.9. The first-order chi connectivity index (χ1) is 10.5. The lowest BCUT2D eigenvalue weighted by Gasteiger charge is -2.28. The van der Waals surface area contributed by atoms with E-state index >= 15 is 0 Å². The van der Waals surface area contributed by atoms with Crippen LogP contribution in [0.15, 0.2) is 0 Å². The zero-order valence-electron chi connectivity index (χ0n) is 14.9. The van der Waals surface area contributed by atoms with E-state index in [4.69, 9.17) is 11.0 Å². The van der Waals surface area contributed by atoms with Crippen molar-refractivity contribution in [3.63, 3.8) is 0 Å². The van der Waals surface area contributed by atoms with Gasteiger partial charge in [-0.25, -0.2) is 0 Å². The topological polar surface area (TPSA) is 141 Å². The third-order valence-corrected chi connectivity index (χ3v) is 10.7. The zero-order valence-corrected chi connectivity index (χ0v) is 17.9. The summed E-state index contributed by atoms with van der Waals surface area (Å²) in [5, 5.41) is -1.68. The molecule has 0 aromatic heterocycles. The highest BCUT2D eigenvalue weighted by Gasteiger charge is 2.36. The van der Waals surface area contributed by atoms with E-state index in [1.807, 2.05) is 0 Å². The zero-order chi connectivity index (χ0) is 19.4. The van der Waals surface area contributed by atoms with Gasteiger partial charge in [0.2, 0.25) is 0 Å². The van der Waals surface area contributed by atoms with Crippen molar-refractivity contribution in [2.45, 2.75) is 76.5 Å². The molecule has 0 bridgehead atoms. The molecular weight excluding hydrogens is 369 g/mol. The lowest BCUT2D eigenvalue weighted by Crippen LogP contribution is -2.25. The van der Waals surface area contributed by atoms with E-state index in [1.165, 1.54) is 0 Å². The van der Waals surface area contributed by atoms with Gasteiger partial charge in [-0.05, 0) is 26.7 Å². The highest BCUT2D eigenvalue weighted by atomic mass is 32.0. The van der Waals surface area contributed by atoms with Crippen LogP contribution >= 0.6 is 23.4 Å². The van der Waals surface area contributed by atoms with E-state index in [-0.39, 0.29) is 43.7 Å². The predicted molar refractivity (Wildman–Crippen MR) is 101 cm³/mol. The molecule has 0 fully saturated rings. The van der Waals surface area contributed by atoms with Gasteiger partial charge in [-0.3, -0.25) is 25.2 Å². The fourth-order valence-corrected chi connectivity index (χ4v) is 3.04. The molecule has 142 valence electrons. The van der Waals surface area contributed by atoms with Crippen molar-refractivity contribution < 1.29 is 23.6 Å². The molecule has 0 aromatic carbocycles. The summed E-state index contributed by atoms with van der Waals surface area (Å²) in [5.74, 6) is -0.222. The molecule has 24 heavy (non-hydrogen) atoms. The van der Waals surface area contributed by atoms with Crippen molar-refractivity contribution in [2.24, 2.45) is 11.0 Å². The van der Waals surface area contributed by atoms with E-state index in [0.717, 1.165) is 0 Å². The molecule has 0 radical (unpaired) electrons. The number of carbonyl (C=O) groups excluding carboxylic acids is 2. The molecule has 0 rings (SSSR count). The van der Waals surface area contributed by atoms with Gasteiger partial charge in [0.1, 0.15) is 11.6 Å². The van der Waals surface area contributed by atoms with Gasteiger partial charge in [0, 0.05) is 30.8 Å². The second-order valence-electron chi connectivity index (χ2n) is 7.53. The van der Waals surface area contributed by atoms with E-state index in [1.54, 1.807) is 27.7 Å². The smallest absolute Gasteiger partial charge is 0.270 e. The maximum Gasteiger partial charge on any atom is 0.270 e. The summed E-state index contributed by atoms with van der Waals surface area (Å²) in [6, 6.07) is 0. The molecule has 0 aromatic rings. The normalized spacial score (nSPS) is 17.8. The molecule has 5 N–H and O–H groups in total. The minimum Gasteiger partial charge on any atom is -0.333 e. The first-order valence-corrected chi connectivity index (χ1v) is 12.9. The van der Waals surface area contributed by atoms with Crippen LogP contribution in [0.1, 0.15) is 66.2 Å². The summed E-state index contributed by atoms with van der Waals surface area (Å²) in [5.41, 5.74) is 10.9. The molecule has 0 saturated heterocycles. The molecule has 3 atom stereocenters. The monoisotopic (exact) mass is 400 g/mol. The number of Topliss-reactive ketones (excluding diaryl/α,β-unsaturated/α-hetero) is 2. The molecule has 7 nitrogen and oxygen atoms in total. The van der Waals surface area contributed by atoms with Crippen molar-refractivity contribution in [1.82, 2.24) is 0 Å². The Morgan fingerprint density at radius 2 is 1.21 bits per heavy atom. The molecule has 0 saturated carbocycles. The van der Waals surface area contributed by atoms with Gasteiger partial charge in [-0.15, -0.1) is 0 Å². The van der Waals surface area contributed by atoms with Crippen LogP contribution in [0.25, 0.3) is 0 Å². The van der Waals surface area contributed by atoms with E-state index in [2.05, 4.69) is 8.93 Å². The van der Waals surface area contributed by atoms with Crippen LogP contribution < -0.4 is 11.0 Å². The summed E-state index contributed by atoms with van der Waals surface area (Å²) >= 11 is 0. The number of rotatable bonds is 11. The molecule has 10 heteroatoms. The Hall–Kier alpha value is 0.110. The van der Waals surface area contributed by atoms with Gasteiger partial charge < -0.3 is 9.46 Å². The SMILES string of the molecule is CC(C)(CCC(=O)CCC(=O)CCC(C)(C)P(N)(=O)P)P(N)(=O)O. The largest absolute Gasteiger partial charge is 0.333 e. The van der Waals surface area contributed by atoms with Crippen molar-refractivity contribution in [2.75, 3.05) is 0 Å². The highest BCUT2D eigenvalue weighted by molar-refractivity contribution is 8.17. The Morgan fingerprint density at radius 1 is 0.875 bits per heavy atom. The molecular formula is C14H31N2O5P3. The number of ketones is 2. The molecule has 0 spiro atoms. The van der Waals surface area contributed by atoms with Crippen LogP contribution in [0.2, 0.25) is 0 Å². The summed E-state index contributed by atoms with van der Waals surface area (Å²) in [7, 11) is -1.61. The minimum absolute atomic E-state index is 0.0826. The Kier molecular flexibility index (Phi) is 8.70. The van der Waals surface area contributed by atoms with E-state index in [0.29, 0.717) is 6.42 Å². The highest BCUT2D eigenvalue weighted by Crippen LogP contribution is 2.59. The summed E-state index contributed by atoms with van der Waals surface area (Å²) < 4.78 is 23.4. The number of nitrogens with two attached hydrogens (primary N) is 2. The number of hydrogen-bond donors (Lipinski definition) is 3. The van der Waals surface area contributed by atoms with Gasteiger partial charge in [-0.2, -0.15) is 0 Å². The van der Waals surface area contributed by atoms with Gasteiger partial charge >= 0.3 is 0 Å². The van der Waals surface area contributed by atoms with E-state index in [9.17, 15) is 23.6 Å². The lowest BCUT2D eigenvalue weighted by molar-refractivity contribution is -0.124. The van der Waals surface area contributed by atoms with Crippen molar-refractivity contribution in [3.8, 4) is 0 Å². The quantitative estimate of drug-likeness (QED) is 0.452. The number of carbonyl (C=O) groups is 2. The number of hydrogen-bond acceptors (Lipinski definition) is 4.